The van der Waals surface area contributed by atoms with Crippen LogP contribution in [0, 0.1) is 17.0 Å². The molecular formula is C16H11F3N4O4. The number of benzene rings is 1. The van der Waals surface area contributed by atoms with Gasteiger partial charge in [0.05, 0.1) is 21.9 Å². The number of aryl methyl sites for hydroxylation is 1. The van der Waals surface area contributed by atoms with Crippen molar-refractivity contribution in [3.8, 4) is 5.75 Å². The van der Waals surface area contributed by atoms with Gasteiger partial charge in [-0.05, 0) is 25.1 Å². The molecule has 2 N–H and O–H groups in total. The Morgan fingerprint density at radius 1 is 1.30 bits per heavy atom. The van der Waals surface area contributed by atoms with Crippen LogP contribution in [0.15, 0.2) is 36.5 Å². The first-order chi connectivity index (χ1) is 12.6. The van der Waals surface area contributed by atoms with Crippen molar-refractivity contribution < 1.29 is 28.0 Å². The van der Waals surface area contributed by atoms with Crippen LogP contribution >= 0.6 is 0 Å². The van der Waals surface area contributed by atoms with Crippen molar-refractivity contribution in [1.82, 2.24) is 9.38 Å². The van der Waals surface area contributed by atoms with Crippen LogP contribution in [0.4, 0.5) is 24.5 Å². The number of pyridine rings is 1. The molecule has 2 aromatic heterocycles. The van der Waals surface area contributed by atoms with Crippen LogP contribution in [-0.2, 0) is 6.18 Å². The Balaban J connectivity index is 2.05. The number of rotatable bonds is 3. The maximum Gasteiger partial charge on any atom is 0.417 e. The highest BCUT2D eigenvalue weighted by atomic mass is 19.4. The van der Waals surface area contributed by atoms with E-state index >= 15 is 0 Å². The number of aromatic hydroxyl groups is 1. The Labute approximate surface area is 149 Å². The van der Waals surface area contributed by atoms with Gasteiger partial charge in [0, 0.05) is 18.3 Å². The molecule has 0 aliphatic rings. The number of nitrogens with one attached hydrogen (secondary N) is 1. The fourth-order valence-corrected chi connectivity index (χ4v) is 2.52. The van der Waals surface area contributed by atoms with Crippen LogP contribution in [0.2, 0.25) is 0 Å². The molecule has 0 atom stereocenters. The first-order valence-electron chi connectivity index (χ1n) is 7.42. The molecule has 1 amide bonds. The Morgan fingerprint density at radius 3 is 2.63 bits per heavy atom. The van der Waals surface area contributed by atoms with Gasteiger partial charge in [0.25, 0.3) is 11.6 Å². The zero-order chi connectivity index (χ0) is 19.9. The second-order valence-electron chi connectivity index (χ2n) is 5.60. The fourth-order valence-electron chi connectivity index (χ4n) is 2.52. The molecule has 0 bridgehead atoms. The molecule has 0 radical (unpaired) electrons. The van der Waals surface area contributed by atoms with Gasteiger partial charge in [-0.2, -0.15) is 13.2 Å². The van der Waals surface area contributed by atoms with E-state index in [1.54, 1.807) is 0 Å². The molecule has 27 heavy (non-hydrogen) atoms. The van der Waals surface area contributed by atoms with E-state index in [-0.39, 0.29) is 28.4 Å². The number of hydrogen-bond donors (Lipinski definition) is 2. The van der Waals surface area contributed by atoms with Gasteiger partial charge in [-0.1, -0.05) is 0 Å². The number of hydrogen-bond acceptors (Lipinski definition) is 5. The molecule has 3 rings (SSSR count). The molecule has 1 aromatic carbocycles. The largest absolute Gasteiger partial charge is 0.506 e. The summed E-state index contributed by atoms with van der Waals surface area (Å²) >= 11 is 0. The lowest BCUT2D eigenvalue weighted by atomic mass is 10.2. The van der Waals surface area contributed by atoms with E-state index < -0.39 is 28.3 Å². The SMILES string of the molecule is Cc1nc2ccc(C(F)(F)F)cn2c1C(=O)Nc1cc([N+](=O)[O-])ccc1O. The van der Waals surface area contributed by atoms with Crippen molar-refractivity contribution in [3.05, 3.63) is 63.6 Å². The topological polar surface area (TPSA) is 110 Å². The molecule has 0 aliphatic heterocycles. The second kappa shape index (κ2) is 6.27. The minimum Gasteiger partial charge on any atom is -0.506 e. The van der Waals surface area contributed by atoms with E-state index in [0.717, 1.165) is 40.9 Å². The van der Waals surface area contributed by atoms with Crippen molar-refractivity contribution in [3.63, 3.8) is 0 Å². The van der Waals surface area contributed by atoms with Gasteiger partial charge >= 0.3 is 6.18 Å². The highest BCUT2D eigenvalue weighted by Gasteiger charge is 2.31. The summed E-state index contributed by atoms with van der Waals surface area (Å²) in [4.78, 5) is 26.7. The second-order valence-corrected chi connectivity index (χ2v) is 5.60. The van der Waals surface area contributed by atoms with Crippen molar-refractivity contribution in [2.24, 2.45) is 0 Å². The minimum absolute atomic E-state index is 0.119. The van der Waals surface area contributed by atoms with Gasteiger partial charge < -0.3 is 10.4 Å². The summed E-state index contributed by atoms with van der Waals surface area (Å²) in [7, 11) is 0. The summed E-state index contributed by atoms with van der Waals surface area (Å²) in [5, 5.41) is 22.9. The van der Waals surface area contributed by atoms with Gasteiger partial charge in [-0.15, -0.1) is 0 Å². The average Bonchev–Trinajstić information content (AvgIpc) is 2.90. The van der Waals surface area contributed by atoms with Crippen LogP contribution < -0.4 is 5.32 Å². The van der Waals surface area contributed by atoms with Crippen LogP contribution in [0.5, 0.6) is 5.75 Å². The number of alkyl halides is 3. The summed E-state index contributed by atoms with van der Waals surface area (Å²) < 4.78 is 39.8. The third-order valence-electron chi connectivity index (χ3n) is 3.77. The Morgan fingerprint density at radius 2 is 2.00 bits per heavy atom. The lowest BCUT2D eigenvalue weighted by molar-refractivity contribution is -0.384. The number of nitrogens with zero attached hydrogens (tertiary/aromatic N) is 3. The van der Waals surface area contributed by atoms with Crippen LogP contribution in [0.1, 0.15) is 21.7 Å². The number of imidazole rings is 1. The molecule has 8 nitrogen and oxygen atoms in total. The molecule has 140 valence electrons. The normalized spacial score (nSPS) is 11.6. The number of nitro groups is 1. The number of carbonyl (C=O) groups is 1. The number of nitro benzene ring substituents is 1. The van der Waals surface area contributed by atoms with Gasteiger partial charge in [-0.3, -0.25) is 19.3 Å². The molecule has 11 heteroatoms. The van der Waals surface area contributed by atoms with E-state index in [4.69, 9.17) is 0 Å². The van der Waals surface area contributed by atoms with E-state index in [9.17, 15) is 33.2 Å². The monoisotopic (exact) mass is 380 g/mol. The quantitative estimate of drug-likeness (QED) is 0.410. The summed E-state index contributed by atoms with van der Waals surface area (Å²) in [5.74, 6) is -1.31. The van der Waals surface area contributed by atoms with E-state index in [0.29, 0.717) is 0 Å². The van der Waals surface area contributed by atoms with Crippen molar-refractivity contribution in [2.45, 2.75) is 13.1 Å². The smallest absolute Gasteiger partial charge is 0.417 e. The van der Waals surface area contributed by atoms with Crippen molar-refractivity contribution in [1.29, 1.82) is 0 Å². The predicted molar refractivity (Wildman–Crippen MR) is 87.6 cm³/mol. The number of halogens is 3. The van der Waals surface area contributed by atoms with Crippen LogP contribution in [0.25, 0.3) is 5.65 Å². The molecule has 0 saturated heterocycles. The molecule has 3 aromatic rings. The lowest BCUT2D eigenvalue weighted by Gasteiger charge is -2.10. The summed E-state index contributed by atoms with van der Waals surface area (Å²) in [5.41, 5.74) is -1.53. The maximum absolute atomic E-state index is 12.9. The average molecular weight is 380 g/mol. The number of carbonyl (C=O) groups excluding carboxylic acids is 1. The highest BCUT2D eigenvalue weighted by Crippen LogP contribution is 2.31. The summed E-state index contributed by atoms with van der Waals surface area (Å²) in [6.45, 7) is 1.43. The highest BCUT2D eigenvalue weighted by molar-refractivity contribution is 6.05. The Kier molecular flexibility index (Phi) is 4.22. The van der Waals surface area contributed by atoms with Gasteiger partial charge in [-0.25, -0.2) is 4.98 Å². The summed E-state index contributed by atoms with van der Waals surface area (Å²) in [6, 6.07) is 4.97. The number of aromatic nitrogens is 2. The minimum atomic E-state index is -4.61. The number of phenolic OH excluding ortho intramolecular Hbond substituents is 1. The molecule has 0 spiro atoms. The molecule has 0 unspecified atom stereocenters. The number of fused-ring (bicyclic) bond motifs is 1. The molecule has 0 aliphatic carbocycles. The van der Waals surface area contributed by atoms with E-state index in [2.05, 4.69) is 10.3 Å². The van der Waals surface area contributed by atoms with E-state index in [1.807, 2.05) is 0 Å². The fraction of sp³-hybridized carbons (Fsp3) is 0.125. The number of amides is 1. The first-order valence-corrected chi connectivity index (χ1v) is 7.42. The lowest BCUT2D eigenvalue weighted by Crippen LogP contribution is -2.16. The number of phenols is 1. The predicted octanol–water partition coefficient (Wildman–Crippen LogP) is 3.53. The van der Waals surface area contributed by atoms with Crippen molar-refractivity contribution in [2.75, 3.05) is 5.32 Å². The maximum atomic E-state index is 12.9. The number of non-ortho nitro benzene ring substituents is 1. The first kappa shape index (κ1) is 18.2. The third-order valence-corrected chi connectivity index (χ3v) is 3.77. The molecule has 0 saturated carbocycles. The van der Waals surface area contributed by atoms with Crippen molar-refractivity contribution >= 4 is 22.9 Å². The Bertz CT molecular complexity index is 1080. The zero-order valence-corrected chi connectivity index (χ0v) is 13.6. The summed E-state index contributed by atoms with van der Waals surface area (Å²) in [6.07, 6.45) is -3.88. The van der Waals surface area contributed by atoms with Crippen LogP contribution in [0.3, 0.4) is 0 Å². The third kappa shape index (κ3) is 3.38. The van der Waals surface area contributed by atoms with Gasteiger partial charge in [0.2, 0.25) is 0 Å². The molecule has 2 heterocycles. The standard InChI is InChI=1S/C16H11F3N4O4/c1-8-14(22-7-9(16(17,18)19)2-5-13(22)20-8)15(25)21-11-6-10(23(26)27)3-4-12(11)24/h2-7,24H,1H3,(H,21,25). The van der Waals surface area contributed by atoms with E-state index in [1.165, 1.54) is 6.92 Å². The molecular weight excluding hydrogens is 369 g/mol. The zero-order valence-electron chi connectivity index (χ0n) is 13.6. The van der Waals surface area contributed by atoms with Gasteiger partial charge in [0.15, 0.2) is 0 Å². The van der Waals surface area contributed by atoms with Gasteiger partial charge in [0.1, 0.15) is 17.1 Å². The number of anilines is 1. The molecule has 0 fully saturated rings. The Hall–Kier alpha value is -3.63. The van der Waals surface area contributed by atoms with Crippen LogP contribution in [-0.4, -0.2) is 25.3 Å².